The monoisotopic (exact) mass is 291 g/mol. The van der Waals surface area contributed by atoms with Crippen molar-refractivity contribution in [1.29, 1.82) is 0 Å². The third kappa shape index (κ3) is 7.25. The van der Waals surface area contributed by atoms with Crippen LogP contribution in [-0.2, 0) is 11.3 Å². The zero-order chi connectivity index (χ0) is 15.7. The van der Waals surface area contributed by atoms with E-state index in [2.05, 4.69) is 23.2 Å². The molecule has 0 bridgehead atoms. The number of carbonyl (C=O) groups is 1. The number of nitrogens with two attached hydrogens (primary N) is 1. The maximum Gasteiger partial charge on any atom is 0.224 e. The zero-order valence-electron chi connectivity index (χ0n) is 13.6. The Morgan fingerprint density at radius 3 is 2.57 bits per heavy atom. The Balaban J connectivity index is 2.51. The molecule has 4 nitrogen and oxygen atoms in total. The number of unbranched alkanes of at least 4 members (excludes halogenated alkanes) is 3. The average Bonchev–Trinajstić information content (AvgIpc) is 2.41. The molecule has 0 aliphatic rings. The number of rotatable bonds is 9. The van der Waals surface area contributed by atoms with Gasteiger partial charge in [0.2, 0.25) is 5.91 Å². The smallest absolute Gasteiger partial charge is 0.224 e. The van der Waals surface area contributed by atoms with Crippen LogP contribution < -0.4 is 11.1 Å². The number of nitrogens with zero attached hydrogens (tertiary/aromatic N) is 1. The van der Waals surface area contributed by atoms with Gasteiger partial charge in [-0.3, -0.25) is 4.79 Å². The summed E-state index contributed by atoms with van der Waals surface area (Å²) < 4.78 is 0. The largest absolute Gasteiger partial charge is 0.330 e. The Morgan fingerprint density at radius 2 is 1.90 bits per heavy atom. The van der Waals surface area contributed by atoms with Gasteiger partial charge in [-0.1, -0.05) is 30.5 Å². The highest BCUT2D eigenvalue weighted by atomic mass is 16.1. The number of carbonyl (C=O) groups excluding carboxylic acids is 1. The molecule has 0 atom stereocenters. The quantitative estimate of drug-likeness (QED) is 0.688. The van der Waals surface area contributed by atoms with Crippen molar-refractivity contribution in [3.63, 3.8) is 0 Å². The lowest BCUT2D eigenvalue weighted by Crippen LogP contribution is -2.16. The van der Waals surface area contributed by atoms with E-state index in [0.29, 0.717) is 6.42 Å². The molecule has 3 N–H and O–H groups in total. The number of hydrogen-bond acceptors (Lipinski definition) is 3. The van der Waals surface area contributed by atoms with E-state index in [1.54, 1.807) is 0 Å². The Kier molecular flexibility index (Phi) is 8.01. The summed E-state index contributed by atoms with van der Waals surface area (Å²) in [5.41, 5.74) is 8.77. The molecule has 1 aromatic carbocycles. The topological polar surface area (TPSA) is 58.4 Å². The lowest BCUT2D eigenvalue weighted by atomic mass is 10.1. The molecular formula is C17H29N3O. The van der Waals surface area contributed by atoms with Crippen molar-refractivity contribution < 1.29 is 4.79 Å². The summed E-state index contributed by atoms with van der Waals surface area (Å²) in [5.74, 6) is 0.103. The van der Waals surface area contributed by atoms with Gasteiger partial charge in [-0.25, -0.2) is 0 Å². The van der Waals surface area contributed by atoms with Gasteiger partial charge in [0.15, 0.2) is 0 Å². The Labute approximate surface area is 128 Å². The molecule has 0 radical (unpaired) electrons. The molecule has 0 aliphatic carbocycles. The first-order chi connectivity index (χ1) is 10.0. The van der Waals surface area contributed by atoms with E-state index < -0.39 is 0 Å². The van der Waals surface area contributed by atoms with Gasteiger partial charge in [0, 0.05) is 18.7 Å². The fourth-order valence-corrected chi connectivity index (χ4v) is 2.31. The Bertz CT molecular complexity index is 444. The number of aryl methyl sites for hydroxylation is 1. The van der Waals surface area contributed by atoms with Gasteiger partial charge < -0.3 is 16.0 Å². The van der Waals surface area contributed by atoms with Crippen molar-refractivity contribution in [1.82, 2.24) is 4.90 Å². The summed E-state index contributed by atoms with van der Waals surface area (Å²) in [6.07, 6.45) is 4.75. The highest BCUT2D eigenvalue weighted by Crippen LogP contribution is 2.19. The highest BCUT2D eigenvalue weighted by molar-refractivity contribution is 5.91. The maximum atomic E-state index is 12.0. The molecule has 0 spiro atoms. The lowest BCUT2D eigenvalue weighted by Gasteiger charge is -2.16. The second-order valence-corrected chi connectivity index (χ2v) is 5.90. The third-order valence-electron chi connectivity index (χ3n) is 3.38. The Morgan fingerprint density at radius 1 is 1.19 bits per heavy atom. The second kappa shape index (κ2) is 9.53. The highest BCUT2D eigenvalue weighted by Gasteiger charge is 2.08. The third-order valence-corrected chi connectivity index (χ3v) is 3.38. The molecule has 1 rings (SSSR count). The van der Waals surface area contributed by atoms with Crippen molar-refractivity contribution >= 4 is 11.6 Å². The van der Waals surface area contributed by atoms with Gasteiger partial charge >= 0.3 is 0 Å². The van der Waals surface area contributed by atoms with E-state index in [4.69, 9.17) is 5.73 Å². The fraction of sp³-hybridized carbons (Fsp3) is 0.588. The molecule has 118 valence electrons. The molecule has 0 saturated carbocycles. The summed E-state index contributed by atoms with van der Waals surface area (Å²) in [6, 6.07) is 6.17. The molecule has 1 amide bonds. The number of hydrogen-bond donors (Lipinski definition) is 2. The summed E-state index contributed by atoms with van der Waals surface area (Å²) in [4.78, 5) is 14.1. The van der Waals surface area contributed by atoms with Crippen LogP contribution in [0.4, 0.5) is 5.69 Å². The van der Waals surface area contributed by atoms with Crippen LogP contribution >= 0.6 is 0 Å². The van der Waals surface area contributed by atoms with Crippen LogP contribution in [0.3, 0.4) is 0 Å². The molecule has 0 aliphatic heterocycles. The molecule has 0 aromatic heterocycles. The van der Waals surface area contributed by atoms with Gasteiger partial charge in [-0.2, -0.15) is 0 Å². The number of amides is 1. The molecule has 21 heavy (non-hydrogen) atoms. The normalized spacial score (nSPS) is 10.9. The minimum atomic E-state index is 0.103. The van der Waals surface area contributed by atoms with Crippen LogP contribution in [-0.4, -0.2) is 31.4 Å². The van der Waals surface area contributed by atoms with Crippen molar-refractivity contribution in [2.45, 2.75) is 45.6 Å². The average molecular weight is 291 g/mol. The predicted octanol–water partition coefficient (Wildman–Crippen LogP) is 2.90. The van der Waals surface area contributed by atoms with Gasteiger partial charge in [-0.05, 0) is 52.0 Å². The van der Waals surface area contributed by atoms with Crippen LogP contribution in [0, 0.1) is 6.92 Å². The fourth-order valence-electron chi connectivity index (χ4n) is 2.31. The molecular weight excluding hydrogens is 262 g/mol. The molecule has 0 saturated heterocycles. The molecule has 0 unspecified atom stereocenters. The first-order valence-electron chi connectivity index (χ1n) is 7.77. The molecule has 1 aromatic rings. The zero-order valence-corrected chi connectivity index (χ0v) is 13.6. The van der Waals surface area contributed by atoms with Crippen molar-refractivity contribution in [2.24, 2.45) is 5.73 Å². The maximum absolute atomic E-state index is 12.0. The molecule has 0 heterocycles. The minimum absolute atomic E-state index is 0.103. The second-order valence-electron chi connectivity index (χ2n) is 5.90. The lowest BCUT2D eigenvalue weighted by molar-refractivity contribution is -0.116. The van der Waals surface area contributed by atoms with Crippen LogP contribution in [0.1, 0.15) is 43.2 Å². The number of benzene rings is 1. The molecule has 0 fully saturated rings. The van der Waals surface area contributed by atoms with Gasteiger partial charge in [0.05, 0.1) is 0 Å². The standard InChI is InChI=1S/C17H29N3O/c1-14-9-10-16(15(12-14)13-20(2)3)19-17(21)8-6-4-5-7-11-18/h9-10,12H,4-8,11,13,18H2,1-3H3,(H,19,21). The van der Waals surface area contributed by atoms with E-state index in [0.717, 1.165) is 50.0 Å². The minimum Gasteiger partial charge on any atom is -0.330 e. The SMILES string of the molecule is Cc1ccc(NC(=O)CCCCCCN)c(CN(C)C)c1. The summed E-state index contributed by atoms with van der Waals surface area (Å²) in [6.45, 7) is 3.64. The summed E-state index contributed by atoms with van der Waals surface area (Å²) in [5, 5.41) is 3.04. The van der Waals surface area contributed by atoms with E-state index in [1.165, 1.54) is 5.56 Å². The van der Waals surface area contributed by atoms with E-state index in [-0.39, 0.29) is 5.91 Å². The van der Waals surface area contributed by atoms with Gasteiger partial charge in [-0.15, -0.1) is 0 Å². The van der Waals surface area contributed by atoms with Crippen LogP contribution in [0.25, 0.3) is 0 Å². The van der Waals surface area contributed by atoms with Gasteiger partial charge in [0.1, 0.15) is 0 Å². The summed E-state index contributed by atoms with van der Waals surface area (Å²) >= 11 is 0. The van der Waals surface area contributed by atoms with Crippen molar-refractivity contribution in [3.8, 4) is 0 Å². The van der Waals surface area contributed by atoms with Crippen molar-refractivity contribution in [2.75, 3.05) is 26.0 Å². The number of anilines is 1. The van der Waals surface area contributed by atoms with Crippen LogP contribution in [0.2, 0.25) is 0 Å². The Hall–Kier alpha value is -1.39. The van der Waals surface area contributed by atoms with Crippen molar-refractivity contribution in [3.05, 3.63) is 29.3 Å². The predicted molar refractivity (Wildman–Crippen MR) is 89.3 cm³/mol. The first kappa shape index (κ1) is 17.7. The van der Waals surface area contributed by atoms with E-state index >= 15 is 0 Å². The van der Waals surface area contributed by atoms with E-state index in [1.807, 2.05) is 26.2 Å². The number of nitrogens with one attached hydrogen (secondary N) is 1. The van der Waals surface area contributed by atoms with Gasteiger partial charge in [0.25, 0.3) is 0 Å². The summed E-state index contributed by atoms with van der Waals surface area (Å²) in [7, 11) is 4.07. The van der Waals surface area contributed by atoms with E-state index in [9.17, 15) is 4.79 Å². The first-order valence-corrected chi connectivity index (χ1v) is 7.77. The van der Waals surface area contributed by atoms with Crippen LogP contribution in [0.15, 0.2) is 18.2 Å². The molecule has 4 heteroatoms. The van der Waals surface area contributed by atoms with Crippen LogP contribution in [0.5, 0.6) is 0 Å².